The molecular weight excluding hydrogens is 422 g/mol. The number of H-pyrrole nitrogens is 1. The molecule has 0 saturated carbocycles. The molecule has 0 aliphatic carbocycles. The Kier molecular flexibility index (Phi) is 6.34. The van der Waals surface area contributed by atoms with Gasteiger partial charge in [-0.25, -0.2) is 22.5 Å². The first kappa shape index (κ1) is 23.0. The van der Waals surface area contributed by atoms with Crippen molar-refractivity contribution in [2.45, 2.75) is 27.7 Å². The fourth-order valence-electron chi connectivity index (χ4n) is 3.39. The summed E-state index contributed by atoms with van der Waals surface area (Å²) in [6, 6.07) is 8.44. The van der Waals surface area contributed by atoms with E-state index in [1.54, 1.807) is 19.1 Å². The summed E-state index contributed by atoms with van der Waals surface area (Å²) in [6.45, 7) is 7.05. The molecule has 1 heterocycles. The highest BCUT2D eigenvalue weighted by molar-refractivity contribution is 6.05. The number of benzene rings is 3. The summed E-state index contributed by atoms with van der Waals surface area (Å²) in [5, 5.41) is 0. The van der Waals surface area contributed by atoms with Crippen LogP contribution < -0.4 is 5.73 Å². The van der Waals surface area contributed by atoms with E-state index in [9.17, 15) is 22.4 Å². The van der Waals surface area contributed by atoms with Crippen molar-refractivity contribution >= 4 is 22.5 Å². The van der Waals surface area contributed by atoms with Crippen LogP contribution in [-0.2, 0) is 0 Å². The normalized spacial score (nSPS) is 10.8. The second kappa shape index (κ2) is 8.82. The van der Waals surface area contributed by atoms with Crippen molar-refractivity contribution in [2.24, 2.45) is 0 Å². The molecule has 8 heteroatoms. The number of carbonyl (C=O) groups excluding carboxylic acids is 1. The minimum atomic E-state index is -1.60. The quantitative estimate of drug-likeness (QED) is 0.163. The van der Waals surface area contributed by atoms with Gasteiger partial charge in [-0.3, -0.25) is 4.79 Å². The molecule has 0 unspecified atom stereocenters. The summed E-state index contributed by atoms with van der Waals surface area (Å²) < 4.78 is 59.4. The van der Waals surface area contributed by atoms with Crippen LogP contribution in [0.3, 0.4) is 0 Å². The molecule has 0 fully saturated rings. The zero-order valence-electron chi connectivity index (χ0n) is 17.9. The van der Waals surface area contributed by atoms with Crippen molar-refractivity contribution in [3.8, 4) is 22.5 Å². The van der Waals surface area contributed by atoms with Crippen LogP contribution in [0.2, 0.25) is 0 Å². The van der Waals surface area contributed by atoms with Gasteiger partial charge in [0.15, 0.2) is 29.1 Å². The lowest BCUT2D eigenvalue weighted by molar-refractivity contribution is 0.101. The van der Waals surface area contributed by atoms with Crippen LogP contribution in [0, 0.1) is 30.2 Å². The number of fused-ring (bicyclic) bond motifs is 1. The number of Topliss-reactive ketones (excluding diaryl/α,β-unsaturated/α-hetero) is 1. The highest BCUT2D eigenvalue weighted by atomic mass is 19.2. The number of nitrogens with one attached hydrogen (secondary N) is 1. The minimum absolute atomic E-state index is 0.0670. The molecule has 0 atom stereocenters. The van der Waals surface area contributed by atoms with Crippen LogP contribution in [0.5, 0.6) is 0 Å². The topological polar surface area (TPSA) is 71.8 Å². The van der Waals surface area contributed by atoms with E-state index in [1.165, 1.54) is 31.2 Å². The Morgan fingerprint density at radius 1 is 0.906 bits per heavy atom. The van der Waals surface area contributed by atoms with Crippen molar-refractivity contribution in [1.82, 2.24) is 9.97 Å². The van der Waals surface area contributed by atoms with Crippen molar-refractivity contribution in [2.75, 3.05) is 5.73 Å². The van der Waals surface area contributed by atoms with Crippen LogP contribution in [0.15, 0.2) is 36.4 Å². The predicted molar refractivity (Wildman–Crippen MR) is 117 cm³/mol. The number of carbonyl (C=O) groups is 1. The van der Waals surface area contributed by atoms with E-state index in [0.717, 1.165) is 0 Å². The maximum atomic E-state index is 14.9. The van der Waals surface area contributed by atoms with Gasteiger partial charge in [-0.2, -0.15) is 0 Å². The van der Waals surface area contributed by atoms with Crippen LogP contribution in [0.4, 0.5) is 23.2 Å². The molecule has 0 amide bonds. The first-order valence-corrected chi connectivity index (χ1v) is 9.92. The number of hydrogen-bond acceptors (Lipinski definition) is 3. The summed E-state index contributed by atoms with van der Waals surface area (Å²) in [4.78, 5) is 18.6. The number of aromatic amines is 1. The number of nitrogen functional groups attached to an aromatic ring is 1. The molecule has 32 heavy (non-hydrogen) atoms. The second-order valence-electron chi connectivity index (χ2n) is 6.98. The Hall–Kier alpha value is -3.68. The van der Waals surface area contributed by atoms with Gasteiger partial charge in [0.05, 0.1) is 22.2 Å². The van der Waals surface area contributed by atoms with Gasteiger partial charge in [-0.05, 0) is 49.2 Å². The third-order valence-electron chi connectivity index (χ3n) is 4.81. The zero-order chi connectivity index (χ0) is 23.7. The van der Waals surface area contributed by atoms with Gasteiger partial charge in [0.1, 0.15) is 5.82 Å². The van der Waals surface area contributed by atoms with Gasteiger partial charge in [-0.1, -0.05) is 26.0 Å². The number of imidazole rings is 1. The molecule has 0 radical (unpaired) electrons. The number of aromatic nitrogens is 2. The van der Waals surface area contributed by atoms with Crippen molar-refractivity contribution in [3.63, 3.8) is 0 Å². The third-order valence-corrected chi connectivity index (χ3v) is 4.81. The summed E-state index contributed by atoms with van der Waals surface area (Å²) in [6.07, 6.45) is 0. The second-order valence-corrected chi connectivity index (χ2v) is 6.98. The Balaban J connectivity index is 0.00000141. The molecule has 4 aromatic rings. The van der Waals surface area contributed by atoms with Gasteiger partial charge in [0.2, 0.25) is 0 Å². The molecule has 4 nitrogen and oxygen atoms in total. The minimum Gasteiger partial charge on any atom is -0.399 e. The Bertz CT molecular complexity index is 1300. The number of anilines is 1. The summed E-state index contributed by atoms with van der Waals surface area (Å²) in [5.74, 6) is -7.04. The van der Waals surface area contributed by atoms with Crippen LogP contribution in [-0.4, -0.2) is 15.8 Å². The summed E-state index contributed by atoms with van der Waals surface area (Å²) in [5.41, 5.74) is 5.40. The number of nitrogens with two attached hydrogens (primary N) is 1. The summed E-state index contributed by atoms with van der Waals surface area (Å²) in [7, 11) is 0. The first-order valence-electron chi connectivity index (χ1n) is 9.92. The lowest BCUT2D eigenvalue weighted by Crippen LogP contribution is -2.04. The van der Waals surface area contributed by atoms with Gasteiger partial charge >= 0.3 is 0 Å². The van der Waals surface area contributed by atoms with E-state index < -0.39 is 40.2 Å². The highest BCUT2D eigenvalue weighted by Gasteiger charge is 2.29. The van der Waals surface area contributed by atoms with E-state index in [1.807, 2.05) is 13.8 Å². The van der Waals surface area contributed by atoms with Crippen molar-refractivity contribution in [1.29, 1.82) is 0 Å². The van der Waals surface area contributed by atoms with E-state index in [2.05, 4.69) is 9.97 Å². The molecular formula is C24H21F4N3O. The molecule has 4 rings (SSSR count). The zero-order valence-corrected chi connectivity index (χ0v) is 17.9. The molecule has 3 aromatic carbocycles. The van der Waals surface area contributed by atoms with Crippen molar-refractivity contribution in [3.05, 3.63) is 70.8 Å². The van der Waals surface area contributed by atoms with E-state index in [0.29, 0.717) is 16.8 Å². The molecule has 0 aliphatic heterocycles. The fourth-order valence-corrected chi connectivity index (χ4v) is 3.39. The molecule has 1 aromatic heterocycles. The van der Waals surface area contributed by atoms with Crippen LogP contribution in [0.1, 0.15) is 36.7 Å². The summed E-state index contributed by atoms with van der Waals surface area (Å²) >= 11 is 0. The predicted octanol–water partition coefficient (Wildman–Crippen LogP) is 6.57. The molecule has 166 valence electrons. The maximum absolute atomic E-state index is 14.9. The average molecular weight is 443 g/mol. The van der Waals surface area contributed by atoms with Gasteiger partial charge in [-0.15, -0.1) is 0 Å². The first-order chi connectivity index (χ1) is 15.2. The van der Waals surface area contributed by atoms with Gasteiger partial charge < -0.3 is 10.7 Å². The average Bonchev–Trinajstić information content (AvgIpc) is 3.18. The van der Waals surface area contributed by atoms with E-state index in [-0.39, 0.29) is 22.4 Å². The smallest absolute Gasteiger partial charge is 0.173 e. The number of nitrogens with zero attached hydrogens (tertiary/aromatic N) is 1. The van der Waals surface area contributed by atoms with Crippen LogP contribution in [0.25, 0.3) is 33.5 Å². The molecule has 0 aliphatic rings. The molecule has 0 saturated heterocycles. The number of ketones is 1. The molecule has 3 N–H and O–H groups in total. The Morgan fingerprint density at radius 2 is 1.44 bits per heavy atom. The van der Waals surface area contributed by atoms with Gasteiger partial charge in [0.25, 0.3) is 0 Å². The standard InChI is InChI=1S/C22H15F4N3O.C2H6/c1-9-7-13(10(2)30)21-14(8-9)28-22(29-21)16-19(25)17(23)15(18(24)20(16)26)11-3-5-12(27)6-4-11;1-2/h3-8H,27H2,1-2H3,(H,28,29);1-2H3. The third kappa shape index (κ3) is 3.84. The number of aryl methyl sites for hydroxylation is 1. The number of hydrogen-bond donors (Lipinski definition) is 2. The Morgan fingerprint density at radius 3 is 1.97 bits per heavy atom. The number of halogens is 4. The van der Waals surface area contributed by atoms with Crippen LogP contribution >= 0.6 is 0 Å². The number of rotatable bonds is 3. The maximum Gasteiger partial charge on any atom is 0.173 e. The van der Waals surface area contributed by atoms with Crippen molar-refractivity contribution < 1.29 is 22.4 Å². The largest absolute Gasteiger partial charge is 0.399 e. The monoisotopic (exact) mass is 443 g/mol. The lowest BCUT2D eigenvalue weighted by Gasteiger charge is -2.11. The Labute approximate surface area is 182 Å². The van der Waals surface area contributed by atoms with Gasteiger partial charge in [0, 0.05) is 11.3 Å². The highest BCUT2D eigenvalue weighted by Crippen LogP contribution is 2.37. The fraction of sp³-hybridized carbons (Fsp3) is 0.167. The lowest BCUT2D eigenvalue weighted by atomic mass is 10.0. The van der Waals surface area contributed by atoms with E-state index in [4.69, 9.17) is 5.73 Å². The SMILES string of the molecule is CC.CC(=O)c1cc(C)cc2[nH]c(-c3c(F)c(F)c(-c4ccc(N)cc4)c(F)c3F)nc12. The van der Waals surface area contributed by atoms with E-state index >= 15 is 0 Å². The molecule has 0 bridgehead atoms. The molecule has 0 spiro atoms.